The van der Waals surface area contributed by atoms with Gasteiger partial charge in [0.1, 0.15) is 5.82 Å². The summed E-state index contributed by atoms with van der Waals surface area (Å²) in [5, 5.41) is 3.03. The monoisotopic (exact) mass is 392 g/mol. The zero-order valence-corrected chi connectivity index (χ0v) is 16.5. The van der Waals surface area contributed by atoms with Crippen LogP contribution < -0.4 is 5.32 Å². The third-order valence-corrected chi connectivity index (χ3v) is 5.49. The van der Waals surface area contributed by atoms with E-state index in [1.54, 1.807) is 12.4 Å². The molecule has 1 aliphatic heterocycles. The van der Waals surface area contributed by atoms with Crippen LogP contribution in [0.3, 0.4) is 0 Å². The lowest BCUT2D eigenvalue weighted by Gasteiger charge is -2.31. The molecule has 0 saturated carbocycles. The van der Waals surface area contributed by atoms with Crippen LogP contribution >= 0.6 is 0 Å². The number of carbonyl (C=O) groups excluding carboxylic acids is 1. The largest absolute Gasteiger partial charge is 0.348 e. The number of piperidine rings is 1. The third-order valence-electron chi connectivity index (χ3n) is 5.49. The number of carbonyl (C=O) groups is 1. The van der Waals surface area contributed by atoms with Crippen LogP contribution in [0.4, 0.5) is 10.1 Å². The summed E-state index contributed by atoms with van der Waals surface area (Å²) in [6, 6.07) is 14.0. The highest BCUT2D eigenvalue weighted by molar-refractivity contribution is 5.93. The molecule has 5 nitrogen and oxygen atoms in total. The van der Waals surface area contributed by atoms with E-state index < -0.39 is 0 Å². The summed E-state index contributed by atoms with van der Waals surface area (Å²) >= 11 is 0. The molecule has 2 aromatic carbocycles. The van der Waals surface area contributed by atoms with Gasteiger partial charge < -0.3 is 10.3 Å². The smallest absolute Gasteiger partial charge is 0.228 e. The van der Waals surface area contributed by atoms with E-state index in [2.05, 4.69) is 20.2 Å². The lowest BCUT2D eigenvalue weighted by Crippen LogP contribution is -2.40. The summed E-state index contributed by atoms with van der Waals surface area (Å²) in [6.45, 7) is 4.50. The lowest BCUT2D eigenvalue weighted by molar-refractivity contribution is -0.121. The number of imidazole rings is 1. The van der Waals surface area contributed by atoms with E-state index >= 15 is 0 Å². The Labute approximate surface area is 170 Å². The van der Waals surface area contributed by atoms with Crippen molar-refractivity contribution in [3.63, 3.8) is 0 Å². The highest BCUT2D eigenvalue weighted by atomic mass is 19.1. The summed E-state index contributed by atoms with van der Waals surface area (Å²) < 4.78 is 13.4. The second-order valence-corrected chi connectivity index (χ2v) is 7.63. The number of benzene rings is 2. The fourth-order valence-electron chi connectivity index (χ4n) is 3.83. The molecule has 150 valence electrons. The third kappa shape index (κ3) is 4.71. The first kappa shape index (κ1) is 19.3. The SMILES string of the molecule is Cc1[nH]cnc1CN1CCCC(C(=O)Nc2ccc(-c3cccc(F)c3)cc2)C1. The van der Waals surface area contributed by atoms with Crippen LogP contribution in [0, 0.1) is 18.7 Å². The van der Waals surface area contributed by atoms with Crippen molar-refractivity contribution >= 4 is 11.6 Å². The minimum atomic E-state index is -0.258. The summed E-state index contributed by atoms with van der Waals surface area (Å²) in [5.74, 6) is -0.246. The van der Waals surface area contributed by atoms with E-state index in [1.807, 2.05) is 37.3 Å². The van der Waals surface area contributed by atoms with Gasteiger partial charge in [-0.25, -0.2) is 9.37 Å². The van der Waals surface area contributed by atoms with Crippen molar-refractivity contribution in [3.8, 4) is 11.1 Å². The topological polar surface area (TPSA) is 61.0 Å². The maximum atomic E-state index is 13.4. The summed E-state index contributed by atoms with van der Waals surface area (Å²) in [5.41, 5.74) is 4.62. The number of likely N-dealkylation sites (tertiary alicyclic amines) is 1. The van der Waals surface area contributed by atoms with Crippen molar-refractivity contribution < 1.29 is 9.18 Å². The molecule has 2 N–H and O–H groups in total. The van der Waals surface area contributed by atoms with Crippen molar-refractivity contribution in [1.29, 1.82) is 0 Å². The number of H-pyrrole nitrogens is 1. The Balaban J connectivity index is 1.36. The van der Waals surface area contributed by atoms with E-state index in [-0.39, 0.29) is 17.6 Å². The molecule has 2 heterocycles. The number of anilines is 1. The average molecular weight is 392 g/mol. The predicted molar refractivity (Wildman–Crippen MR) is 112 cm³/mol. The van der Waals surface area contributed by atoms with Crippen molar-refractivity contribution in [2.24, 2.45) is 5.92 Å². The Morgan fingerprint density at radius 2 is 2.07 bits per heavy atom. The van der Waals surface area contributed by atoms with Crippen LogP contribution in [0.5, 0.6) is 0 Å². The normalized spacial score (nSPS) is 17.2. The number of rotatable bonds is 5. The van der Waals surface area contributed by atoms with Crippen molar-refractivity contribution in [3.05, 3.63) is 72.1 Å². The quantitative estimate of drug-likeness (QED) is 0.678. The molecule has 3 aromatic rings. The molecule has 0 spiro atoms. The molecular formula is C23H25FN4O. The second kappa shape index (κ2) is 8.57. The molecule has 0 radical (unpaired) electrons. The van der Waals surface area contributed by atoms with Gasteiger partial charge in [0.15, 0.2) is 0 Å². The number of nitrogens with zero attached hydrogens (tertiary/aromatic N) is 2. The molecule has 0 aliphatic carbocycles. The Hall–Kier alpha value is -2.99. The number of aryl methyl sites for hydroxylation is 1. The standard InChI is InChI=1S/C23H25FN4O/c1-16-22(26-15-25-16)14-28-11-3-5-19(13-28)23(29)27-21-9-7-17(8-10-21)18-4-2-6-20(24)12-18/h2,4,6-10,12,15,19H,3,5,11,13-14H2,1H3,(H,25,26)(H,27,29). The highest BCUT2D eigenvalue weighted by Crippen LogP contribution is 2.24. The van der Waals surface area contributed by atoms with Crippen LogP contribution in [-0.4, -0.2) is 33.9 Å². The second-order valence-electron chi connectivity index (χ2n) is 7.63. The first-order chi connectivity index (χ1) is 14.1. The van der Waals surface area contributed by atoms with E-state index in [9.17, 15) is 9.18 Å². The number of halogens is 1. The molecule has 1 aliphatic rings. The van der Waals surface area contributed by atoms with E-state index in [4.69, 9.17) is 0 Å². The van der Waals surface area contributed by atoms with Gasteiger partial charge in [0.25, 0.3) is 0 Å². The zero-order chi connectivity index (χ0) is 20.2. The number of hydrogen-bond donors (Lipinski definition) is 2. The van der Waals surface area contributed by atoms with Gasteiger partial charge in [-0.05, 0) is 61.7 Å². The molecule has 1 aromatic heterocycles. The number of hydrogen-bond acceptors (Lipinski definition) is 3. The molecule has 1 saturated heterocycles. The van der Waals surface area contributed by atoms with Gasteiger partial charge in [-0.3, -0.25) is 9.69 Å². The first-order valence-electron chi connectivity index (χ1n) is 9.96. The molecule has 4 rings (SSSR count). The molecular weight excluding hydrogens is 367 g/mol. The van der Waals surface area contributed by atoms with Gasteiger partial charge >= 0.3 is 0 Å². The van der Waals surface area contributed by atoms with Crippen LogP contribution in [0.1, 0.15) is 24.2 Å². The van der Waals surface area contributed by atoms with Gasteiger partial charge in [-0.2, -0.15) is 0 Å². The Bertz CT molecular complexity index is 983. The van der Waals surface area contributed by atoms with Crippen molar-refractivity contribution in [2.75, 3.05) is 18.4 Å². The number of amides is 1. The van der Waals surface area contributed by atoms with Gasteiger partial charge in [0.2, 0.25) is 5.91 Å². The maximum absolute atomic E-state index is 13.4. The molecule has 6 heteroatoms. The molecule has 1 amide bonds. The average Bonchev–Trinajstić information content (AvgIpc) is 3.13. The van der Waals surface area contributed by atoms with Crippen molar-refractivity contribution in [2.45, 2.75) is 26.3 Å². The summed E-state index contributed by atoms with van der Waals surface area (Å²) in [6.07, 6.45) is 3.61. The van der Waals surface area contributed by atoms with E-state index in [1.165, 1.54) is 12.1 Å². The van der Waals surface area contributed by atoms with Crippen LogP contribution in [-0.2, 0) is 11.3 Å². The fraction of sp³-hybridized carbons (Fsp3) is 0.304. The number of nitrogens with one attached hydrogen (secondary N) is 2. The molecule has 0 bridgehead atoms. The van der Waals surface area contributed by atoms with Crippen LogP contribution in [0.2, 0.25) is 0 Å². The van der Waals surface area contributed by atoms with Gasteiger partial charge in [0.05, 0.1) is 17.9 Å². The molecule has 1 unspecified atom stereocenters. The van der Waals surface area contributed by atoms with E-state index in [0.29, 0.717) is 0 Å². The first-order valence-corrected chi connectivity index (χ1v) is 9.96. The zero-order valence-electron chi connectivity index (χ0n) is 16.5. The lowest BCUT2D eigenvalue weighted by atomic mass is 9.96. The summed E-state index contributed by atoms with van der Waals surface area (Å²) in [7, 11) is 0. The van der Waals surface area contributed by atoms with Gasteiger partial charge in [-0.1, -0.05) is 24.3 Å². The Morgan fingerprint density at radius 3 is 2.79 bits per heavy atom. The minimum absolute atomic E-state index is 0.0362. The maximum Gasteiger partial charge on any atom is 0.228 e. The Morgan fingerprint density at radius 1 is 1.24 bits per heavy atom. The predicted octanol–water partition coefficient (Wildman–Crippen LogP) is 4.37. The van der Waals surface area contributed by atoms with Crippen LogP contribution in [0.25, 0.3) is 11.1 Å². The number of aromatic amines is 1. The number of aromatic nitrogens is 2. The molecule has 1 fully saturated rings. The van der Waals surface area contributed by atoms with Crippen molar-refractivity contribution in [1.82, 2.24) is 14.9 Å². The molecule has 1 atom stereocenters. The van der Waals surface area contributed by atoms with E-state index in [0.717, 1.165) is 60.7 Å². The fourth-order valence-corrected chi connectivity index (χ4v) is 3.83. The van der Waals surface area contributed by atoms with Gasteiger partial charge in [-0.15, -0.1) is 0 Å². The Kier molecular flexibility index (Phi) is 5.71. The van der Waals surface area contributed by atoms with Gasteiger partial charge in [0, 0.05) is 24.5 Å². The summed E-state index contributed by atoms with van der Waals surface area (Å²) in [4.78, 5) is 22.5. The minimum Gasteiger partial charge on any atom is -0.348 e. The molecule has 29 heavy (non-hydrogen) atoms. The van der Waals surface area contributed by atoms with Crippen LogP contribution in [0.15, 0.2) is 54.9 Å². The highest BCUT2D eigenvalue weighted by Gasteiger charge is 2.26.